The molecule has 1 amide bonds. The van der Waals surface area contributed by atoms with Gasteiger partial charge in [-0.05, 0) is 96.0 Å². The van der Waals surface area contributed by atoms with Crippen LogP contribution in [0.25, 0.3) is 6.08 Å². The van der Waals surface area contributed by atoms with Gasteiger partial charge in [-0.2, -0.15) is 0 Å². The smallest absolute Gasteiger partial charge is 0.264 e. The standard InChI is InChI=1S/C23H25BrN2O4S/c1-5-14(3)30-21-18(24)11-15(12-19(21)29-6-2)13-20-22(27)26-23(31-20)25-16-7-9-17(28-4)10-8-16/h7-14H,5-6H2,1-4H3,(H,25,26,27)/b20-13+/t14-/m0/s1. The van der Waals surface area contributed by atoms with E-state index in [9.17, 15) is 4.79 Å². The van der Waals surface area contributed by atoms with E-state index in [1.807, 2.05) is 56.3 Å². The third-order valence-electron chi connectivity index (χ3n) is 4.48. The molecule has 0 saturated carbocycles. The molecule has 2 aromatic rings. The molecule has 0 radical (unpaired) electrons. The number of nitrogens with zero attached hydrogens (tertiary/aromatic N) is 1. The minimum atomic E-state index is -0.189. The van der Waals surface area contributed by atoms with E-state index in [1.54, 1.807) is 7.11 Å². The Morgan fingerprint density at radius 2 is 1.97 bits per heavy atom. The van der Waals surface area contributed by atoms with Crippen molar-refractivity contribution in [2.75, 3.05) is 13.7 Å². The van der Waals surface area contributed by atoms with Crippen molar-refractivity contribution in [1.29, 1.82) is 0 Å². The van der Waals surface area contributed by atoms with Gasteiger partial charge in [-0.1, -0.05) is 6.92 Å². The number of thioether (sulfide) groups is 1. The van der Waals surface area contributed by atoms with Crippen molar-refractivity contribution in [3.05, 3.63) is 51.3 Å². The Hall–Kier alpha value is -2.45. The second kappa shape index (κ2) is 10.7. The molecule has 0 aliphatic carbocycles. The summed E-state index contributed by atoms with van der Waals surface area (Å²) in [4.78, 5) is 17.5. The molecule has 0 bridgehead atoms. The van der Waals surface area contributed by atoms with Gasteiger partial charge in [-0.25, -0.2) is 4.99 Å². The van der Waals surface area contributed by atoms with Crippen molar-refractivity contribution in [1.82, 2.24) is 5.32 Å². The topological polar surface area (TPSA) is 69.2 Å². The number of ether oxygens (including phenoxy) is 3. The van der Waals surface area contributed by atoms with Crippen LogP contribution in [0.3, 0.4) is 0 Å². The first-order valence-corrected chi connectivity index (χ1v) is 11.6. The Labute approximate surface area is 195 Å². The van der Waals surface area contributed by atoms with Crippen LogP contribution in [-0.4, -0.2) is 30.9 Å². The number of methoxy groups -OCH3 is 1. The molecule has 31 heavy (non-hydrogen) atoms. The molecule has 1 atom stereocenters. The normalized spacial score (nSPS) is 17.0. The summed E-state index contributed by atoms with van der Waals surface area (Å²) in [5.74, 6) is 1.87. The molecular weight excluding hydrogens is 480 g/mol. The highest BCUT2D eigenvalue weighted by atomic mass is 79.9. The molecule has 1 fully saturated rings. The number of hydrogen-bond acceptors (Lipinski definition) is 6. The number of benzene rings is 2. The van der Waals surface area contributed by atoms with Gasteiger partial charge in [-0.3, -0.25) is 4.79 Å². The Morgan fingerprint density at radius 3 is 2.61 bits per heavy atom. The van der Waals surface area contributed by atoms with Crippen LogP contribution in [0.1, 0.15) is 32.8 Å². The maximum absolute atomic E-state index is 12.5. The Morgan fingerprint density at radius 1 is 1.23 bits per heavy atom. The maximum Gasteiger partial charge on any atom is 0.264 e. The van der Waals surface area contributed by atoms with Gasteiger partial charge in [0.15, 0.2) is 16.7 Å². The van der Waals surface area contributed by atoms with E-state index in [2.05, 4.69) is 33.2 Å². The van der Waals surface area contributed by atoms with E-state index >= 15 is 0 Å². The van der Waals surface area contributed by atoms with E-state index in [4.69, 9.17) is 14.2 Å². The largest absolute Gasteiger partial charge is 0.497 e. The quantitative estimate of drug-likeness (QED) is 0.451. The summed E-state index contributed by atoms with van der Waals surface area (Å²) in [7, 11) is 1.61. The van der Waals surface area contributed by atoms with Crippen LogP contribution in [0.5, 0.6) is 17.2 Å². The fourth-order valence-corrected chi connectivity index (χ4v) is 4.13. The van der Waals surface area contributed by atoms with Crippen molar-refractivity contribution in [2.24, 2.45) is 4.99 Å². The number of carbonyl (C=O) groups excluding carboxylic acids is 1. The van der Waals surface area contributed by atoms with Gasteiger partial charge in [0.1, 0.15) is 5.75 Å². The number of hydrogen-bond donors (Lipinski definition) is 1. The van der Waals surface area contributed by atoms with Crippen LogP contribution in [-0.2, 0) is 4.79 Å². The van der Waals surface area contributed by atoms with Crippen LogP contribution in [0, 0.1) is 0 Å². The summed E-state index contributed by atoms with van der Waals surface area (Å²) in [5, 5.41) is 3.34. The van der Waals surface area contributed by atoms with Gasteiger partial charge in [-0.15, -0.1) is 0 Å². The van der Waals surface area contributed by atoms with E-state index in [0.29, 0.717) is 28.2 Å². The molecule has 1 aliphatic heterocycles. The lowest BCUT2D eigenvalue weighted by molar-refractivity contribution is -0.115. The molecule has 0 aromatic heterocycles. The number of amidine groups is 1. The van der Waals surface area contributed by atoms with Crippen molar-refractivity contribution < 1.29 is 19.0 Å². The average molecular weight is 505 g/mol. The molecule has 8 heteroatoms. The summed E-state index contributed by atoms with van der Waals surface area (Å²) in [5.41, 5.74) is 1.56. The molecule has 2 aromatic carbocycles. The van der Waals surface area contributed by atoms with Crippen molar-refractivity contribution in [2.45, 2.75) is 33.3 Å². The molecule has 1 N–H and O–H groups in total. The number of rotatable bonds is 8. The molecule has 0 unspecified atom stereocenters. The second-order valence-electron chi connectivity index (χ2n) is 6.78. The molecule has 164 valence electrons. The lowest BCUT2D eigenvalue weighted by Crippen LogP contribution is -2.19. The molecule has 6 nitrogen and oxygen atoms in total. The van der Waals surface area contributed by atoms with E-state index in [1.165, 1.54) is 11.8 Å². The molecule has 1 heterocycles. The molecule has 1 aliphatic rings. The number of halogens is 1. The van der Waals surface area contributed by atoms with Crippen molar-refractivity contribution in [3.63, 3.8) is 0 Å². The highest BCUT2D eigenvalue weighted by molar-refractivity contribution is 9.10. The first-order valence-electron chi connectivity index (χ1n) is 10.00. The second-order valence-corrected chi connectivity index (χ2v) is 8.66. The third kappa shape index (κ3) is 6.04. The average Bonchev–Trinajstić information content (AvgIpc) is 3.09. The lowest BCUT2D eigenvalue weighted by atomic mass is 10.1. The zero-order valence-electron chi connectivity index (χ0n) is 17.9. The fraction of sp³-hybridized carbons (Fsp3) is 0.304. The first kappa shape index (κ1) is 23.2. The third-order valence-corrected chi connectivity index (χ3v) is 5.98. The summed E-state index contributed by atoms with van der Waals surface area (Å²) in [6.07, 6.45) is 2.76. The Kier molecular flexibility index (Phi) is 8.03. The van der Waals surface area contributed by atoms with Crippen molar-refractivity contribution in [3.8, 4) is 17.2 Å². The van der Waals surface area contributed by atoms with Gasteiger partial charge in [0.2, 0.25) is 0 Å². The van der Waals surface area contributed by atoms with Crippen LogP contribution >= 0.6 is 27.7 Å². The molecule has 3 rings (SSSR count). The SMILES string of the molecule is CCOc1cc(/C=C2/SC(=Nc3ccc(OC)cc3)NC2=O)cc(Br)c1O[C@@H](C)CC. The monoisotopic (exact) mass is 504 g/mol. The summed E-state index contributed by atoms with van der Waals surface area (Å²) < 4.78 is 17.7. The number of carbonyl (C=O) groups is 1. The summed E-state index contributed by atoms with van der Waals surface area (Å²) in [6.45, 7) is 6.52. The predicted octanol–water partition coefficient (Wildman–Crippen LogP) is 5.93. The van der Waals surface area contributed by atoms with Gasteiger partial charge in [0.25, 0.3) is 5.91 Å². The number of aliphatic imine (C=N–C) groups is 1. The highest BCUT2D eigenvalue weighted by Crippen LogP contribution is 2.39. The van der Waals surface area contributed by atoms with Gasteiger partial charge >= 0.3 is 0 Å². The van der Waals surface area contributed by atoms with E-state index in [0.717, 1.165) is 27.9 Å². The summed E-state index contributed by atoms with van der Waals surface area (Å²) in [6, 6.07) is 11.1. The minimum Gasteiger partial charge on any atom is -0.497 e. The Balaban J connectivity index is 1.84. The minimum absolute atomic E-state index is 0.0626. The van der Waals surface area contributed by atoms with Crippen LogP contribution in [0.15, 0.2) is 50.8 Å². The zero-order valence-corrected chi connectivity index (χ0v) is 20.3. The highest BCUT2D eigenvalue weighted by Gasteiger charge is 2.24. The summed E-state index contributed by atoms with van der Waals surface area (Å²) >= 11 is 4.88. The van der Waals surface area contributed by atoms with Crippen LogP contribution in [0.2, 0.25) is 0 Å². The lowest BCUT2D eigenvalue weighted by Gasteiger charge is -2.18. The number of amides is 1. The molecule has 1 saturated heterocycles. The van der Waals surface area contributed by atoms with Gasteiger partial charge < -0.3 is 19.5 Å². The first-order chi connectivity index (χ1) is 14.9. The van der Waals surface area contributed by atoms with E-state index < -0.39 is 0 Å². The molecular formula is C23H25BrN2O4S. The van der Waals surface area contributed by atoms with Crippen LogP contribution in [0.4, 0.5) is 5.69 Å². The van der Waals surface area contributed by atoms with Crippen molar-refractivity contribution >= 4 is 50.5 Å². The zero-order chi connectivity index (χ0) is 22.4. The Bertz CT molecular complexity index is 1010. The number of nitrogens with one attached hydrogen (secondary N) is 1. The molecule has 0 spiro atoms. The maximum atomic E-state index is 12.5. The van der Waals surface area contributed by atoms with Gasteiger partial charge in [0.05, 0.1) is 34.9 Å². The fourth-order valence-electron chi connectivity index (χ4n) is 2.74. The van der Waals surface area contributed by atoms with Crippen LogP contribution < -0.4 is 19.5 Å². The predicted molar refractivity (Wildman–Crippen MR) is 129 cm³/mol. The van der Waals surface area contributed by atoms with E-state index in [-0.39, 0.29) is 12.0 Å². The van der Waals surface area contributed by atoms with Gasteiger partial charge in [0, 0.05) is 0 Å².